The average molecular weight is 435 g/mol. The maximum atomic E-state index is 12.7. The molecule has 0 fully saturated rings. The number of aromatic nitrogens is 2. The molecule has 0 aliphatic rings. The number of nitrogens with zero attached hydrogens (tertiary/aromatic N) is 3. The van der Waals surface area contributed by atoms with Crippen LogP contribution in [0.4, 0.5) is 11.5 Å². The van der Waals surface area contributed by atoms with Crippen molar-refractivity contribution in [3.63, 3.8) is 0 Å². The first-order chi connectivity index (χ1) is 13.6. The monoisotopic (exact) mass is 434 g/mol. The van der Waals surface area contributed by atoms with Gasteiger partial charge in [0.25, 0.3) is 11.6 Å². The van der Waals surface area contributed by atoms with Gasteiger partial charge in [0, 0.05) is 29.0 Å². The van der Waals surface area contributed by atoms with E-state index in [-0.39, 0.29) is 5.56 Å². The third kappa shape index (κ3) is 4.44. The number of carbonyl (C=O) groups is 1. The number of carbonyl (C=O) groups excluding carboxylic acids is 1. The third-order valence-electron chi connectivity index (χ3n) is 3.94. The standard InChI is InChI=1S/C18H15ClN4O5S/c1-11-8-17(22(21-11)14-5-3-4-13(19)10-14)20-18(24)12-6-7-16(29(2,27)28)15(9-12)23(25)26/h3-10H,1-2H3,(H,20,24). The van der Waals surface area contributed by atoms with Crippen LogP contribution < -0.4 is 5.32 Å². The van der Waals surface area contributed by atoms with E-state index in [1.807, 2.05) is 0 Å². The molecular weight excluding hydrogens is 420 g/mol. The van der Waals surface area contributed by atoms with Gasteiger partial charge in [0.15, 0.2) is 9.84 Å². The Morgan fingerprint density at radius 2 is 1.93 bits per heavy atom. The number of hydrogen-bond donors (Lipinski definition) is 1. The Bertz CT molecular complexity index is 1240. The van der Waals surface area contributed by atoms with Crippen LogP contribution in [-0.4, -0.2) is 35.3 Å². The molecule has 0 bridgehead atoms. The van der Waals surface area contributed by atoms with Crippen LogP contribution in [0.15, 0.2) is 53.4 Å². The molecule has 2 aromatic carbocycles. The number of anilines is 1. The van der Waals surface area contributed by atoms with E-state index in [2.05, 4.69) is 10.4 Å². The summed E-state index contributed by atoms with van der Waals surface area (Å²) in [4.78, 5) is 22.6. The lowest BCUT2D eigenvalue weighted by atomic mass is 10.2. The molecule has 0 saturated heterocycles. The summed E-state index contributed by atoms with van der Waals surface area (Å²) in [5.41, 5.74) is 0.498. The highest BCUT2D eigenvalue weighted by molar-refractivity contribution is 7.90. The van der Waals surface area contributed by atoms with Crippen molar-refractivity contribution in [3.8, 4) is 5.69 Å². The summed E-state index contributed by atoms with van der Waals surface area (Å²) >= 11 is 6.01. The van der Waals surface area contributed by atoms with Crippen molar-refractivity contribution in [3.05, 3.63) is 74.9 Å². The predicted octanol–water partition coefficient (Wildman–Crippen LogP) is 3.40. The van der Waals surface area contributed by atoms with Gasteiger partial charge >= 0.3 is 0 Å². The van der Waals surface area contributed by atoms with E-state index in [0.29, 0.717) is 22.2 Å². The molecule has 0 aliphatic heterocycles. The Morgan fingerprint density at radius 3 is 2.55 bits per heavy atom. The number of amides is 1. The van der Waals surface area contributed by atoms with Gasteiger partial charge in [0.2, 0.25) is 0 Å². The molecule has 0 atom stereocenters. The van der Waals surface area contributed by atoms with Crippen LogP contribution in [-0.2, 0) is 9.84 Å². The van der Waals surface area contributed by atoms with Crippen LogP contribution in [0.5, 0.6) is 0 Å². The predicted molar refractivity (Wildman–Crippen MR) is 107 cm³/mol. The van der Waals surface area contributed by atoms with Crippen molar-refractivity contribution in [2.75, 3.05) is 11.6 Å². The van der Waals surface area contributed by atoms with Gasteiger partial charge in [-0.1, -0.05) is 17.7 Å². The minimum absolute atomic E-state index is 0.0689. The van der Waals surface area contributed by atoms with E-state index in [0.717, 1.165) is 18.4 Å². The first-order valence-electron chi connectivity index (χ1n) is 8.19. The molecule has 1 heterocycles. The van der Waals surface area contributed by atoms with Gasteiger partial charge in [-0.15, -0.1) is 0 Å². The van der Waals surface area contributed by atoms with E-state index in [1.165, 1.54) is 10.7 Å². The minimum Gasteiger partial charge on any atom is -0.306 e. The fraction of sp³-hybridized carbons (Fsp3) is 0.111. The van der Waals surface area contributed by atoms with Crippen molar-refractivity contribution >= 4 is 38.9 Å². The van der Waals surface area contributed by atoms with Gasteiger partial charge in [-0.25, -0.2) is 13.1 Å². The van der Waals surface area contributed by atoms with Gasteiger partial charge in [-0.3, -0.25) is 14.9 Å². The Balaban J connectivity index is 1.98. The van der Waals surface area contributed by atoms with Crippen LogP contribution in [0.1, 0.15) is 16.1 Å². The van der Waals surface area contributed by atoms with Gasteiger partial charge in [-0.05, 0) is 37.3 Å². The Labute approximate surface area is 171 Å². The molecule has 0 unspecified atom stereocenters. The van der Waals surface area contributed by atoms with Crippen molar-refractivity contribution < 1.29 is 18.1 Å². The molecular formula is C18H15ClN4O5S. The second kappa shape index (κ2) is 7.64. The van der Waals surface area contributed by atoms with Gasteiger partial charge in [-0.2, -0.15) is 5.10 Å². The second-order valence-corrected chi connectivity index (χ2v) is 8.65. The number of rotatable bonds is 5. The Kier molecular flexibility index (Phi) is 5.40. The molecule has 150 valence electrons. The number of halogens is 1. The largest absolute Gasteiger partial charge is 0.306 e. The van der Waals surface area contributed by atoms with E-state index in [9.17, 15) is 23.3 Å². The van der Waals surface area contributed by atoms with Gasteiger partial charge < -0.3 is 5.32 Å². The molecule has 1 aromatic heterocycles. The molecule has 3 rings (SSSR count). The maximum Gasteiger partial charge on any atom is 0.288 e. The van der Waals surface area contributed by atoms with E-state index in [1.54, 1.807) is 37.3 Å². The first-order valence-corrected chi connectivity index (χ1v) is 10.5. The number of sulfone groups is 1. The zero-order valence-electron chi connectivity index (χ0n) is 15.3. The molecule has 11 heteroatoms. The summed E-state index contributed by atoms with van der Waals surface area (Å²) in [5.74, 6) is -0.332. The molecule has 0 saturated carbocycles. The molecule has 1 amide bonds. The molecule has 1 N–H and O–H groups in total. The van der Waals surface area contributed by atoms with E-state index < -0.39 is 31.3 Å². The molecule has 29 heavy (non-hydrogen) atoms. The average Bonchev–Trinajstić information content (AvgIpc) is 3.00. The lowest BCUT2D eigenvalue weighted by Gasteiger charge is -2.10. The second-order valence-electron chi connectivity index (χ2n) is 6.23. The van der Waals surface area contributed by atoms with E-state index in [4.69, 9.17) is 11.6 Å². The highest BCUT2D eigenvalue weighted by Gasteiger charge is 2.24. The molecule has 0 spiro atoms. The molecule has 3 aromatic rings. The highest BCUT2D eigenvalue weighted by Crippen LogP contribution is 2.26. The number of nitro groups is 1. The summed E-state index contributed by atoms with van der Waals surface area (Å²) in [7, 11) is -3.82. The first kappa shape index (κ1) is 20.5. The van der Waals surface area contributed by atoms with Crippen LogP contribution in [0.2, 0.25) is 5.02 Å². The lowest BCUT2D eigenvalue weighted by molar-refractivity contribution is -0.387. The van der Waals surface area contributed by atoms with Crippen LogP contribution in [0.25, 0.3) is 5.69 Å². The van der Waals surface area contributed by atoms with Crippen molar-refractivity contribution in [1.29, 1.82) is 0 Å². The summed E-state index contributed by atoms with van der Waals surface area (Å²) in [6.07, 6.45) is 0.863. The van der Waals surface area contributed by atoms with Crippen molar-refractivity contribution in [2.45, 2.75) is 11.8 Å². The van der Waals surface area contributed by atoms with Gasteiger partial charge in [0.05, 0.1) is 16.3 Å². The molecule has 0 radical (unpaired) electrons. The SMILES string of the molecule is Cc1cc(NC(=O)c2ccc(S(C)(=O)=O)c([N+](=O)[O-])c2)n(-c2cccc(Cl)c2)n1. The topological polar surface area (TPSA) is 124 Å². The fourth-order valence-electron chi connectivity index (χ4n) is 2.70. The Morgan fingerprint density at radius 1 is 1.21 bits per heavy atom. The van der Waals surface area contributed by atoms with Gasteiger partial charge in [0.1, 0.15) is 10.7 Å². The lowest BCUT2D eigenvalue weighted by Crippen LogP contribution is -2.16. The molecule has 9 nitrogen and oxygen atoms in total. The summed E-state index contributed by atoms with van der Waals surface area (Å²) in [6, 6.07) is 11.6. The van der Waals surface area contributed by atoms with Crippen LogP contribution >= 0.6 is 11.6 Å². The molecule has 0 aliphatic carbocycles. The minimum atomic E-state index is -3.82. The smallest absolute Gasteiger partial charge is 0.288 e. The highest BCUT2D eigenvalue weighted by atomic mass is 35.5. The number of aryl methyl sites for hydroxylation is 1. The number of benzene rings is 2. The summed E-state index contributed by atoms with van der Waals surface area (Å²) in [5, 5.41) is 18.7. The zero-order valence-corrected chi connectivity index (χ0v) is 16.9. The summed E-state index contributed by atoms with van der Waals surface area (Å²) in [6.45, 7) is 1.74. The van der Waals surface area contributed by atoms with Crippen LogP contribution in [0, 0.1) is 17.0 Å². The third-order valence-corrected chi connectivity index (χ3v) is 5.32. The fourth-order valence-corrected chi connectivity index (χ4v) is 3.71. The van der Waals surface area contributed by atoms with Crippen LogP contribution in [0.3, 0.4) is 0 Å². The summed E-state index contributed by atoms with van der Waals surface area (Å²) < 4.78 is 24.9. The van der Waals surface area contributed by atoms with Crippen molar-refractivity contribution in [2.24, 2.45) is 0 Å². The zero-order chi connectivity index (χ0) is 21.3. The van der Waals surface area contributed by atoms with Crippen molar-refractivity contribution in [1.82, 2.24) is 9.78 Å². The van der Waals surface area contributed by atoms with E-state index >= 15 is 0 Å². The number of nitrogens with one attached hydrogen (secondary N) is 1. The quantitative estimate of drug-likeness (QED) is 0.484. The number of nitro benzene ring substituents is 1. The Hall–Kier alpha value is -3.24. The number of hydrogen-bond acceptors (Lipinski definition) is 6. The normalized spacial score (nSPS) is 11.3. The maximum absolute atomic E-state index is 12.7.